The highest BCUT2D eigenvalue weighted by Gasteiger charge is 2.28. The topological polar surface area (TPSA) is 87.3 Å². The average Bonchev–Trinajstić information content (AvgIpc) is 2.71. The fourth-order valence-electron chi connectivity index (χ4n) is 1.71. The summed E-state index contributed by atoms with van der Waals surface area (Å²) in [4.78, 5) is 21.8. The van der Waals surface area contributed by atoms with Gasteiger partial charge < -0.3 is 14.9 Å². The molecule has 0 aromatic carbocycles. The van der Waals surface area contributed by atoms with E-state index in [2.05, 4.69) is 5.10 Å². The summed E-state index contributed by atoms with van der Waals surface area (Å²) in [6.07, 6.45) is 3.82. The van der Waals surface area contributed by atoms with Crippen molar-refractivity contribution in [2.24, 2.45) is 0 Å². The fourth-order valence-corrected chi connectivity index (χ4v) is 1.71. The lowest BCUT2D eigenvalue weighted by atomic mass is 10.1. The predicted molar refractivity (Wildman–Crippen MR) is 64.2 cm³/mol. The first-order valence-corrected chi connectivity index (χ1v) is 5.79. The van der Waals surface area contributed by atoms with Crippen LogP contribution in [0.5, 0.6) is 0 Å². The molecule has 0 amide bonds. The van der Waals surface area contributed by atoms with Gasteiger partial charge in [0.1, 0.15) is 0 Å². The molecule has 1 aromatic heterocycles. The van der Waals surface area contributed by atoms with Crippen LogP contribution in [0.25, 0.3) is 0 Å². The molecule has 0 N–H and O–H groups in total. The number of unbranched alkanes of at least 4 members (excludes halogenated alkanes) is 1. The van der Waals surface area contributed by atoms with Crippen LogP contribution < -0.4 is 0 Å². The number of hydrogen-bond acceptors (Lipinski definition) is 5. The molecule has 7 nitrogen and oxygen atoms in total. The molecule has 1 unspecified atom stereocenters. The normalized spacial score (nSPS) is 12.2. The SMILES string of the molecule is CCCCC(C(=O)OC)n1cc(C)c([N+](=O)[O-])n1. The molecule has 0 bridgehead atoms. The lowest BCUT2D eigenvalue weighted by molar-refractivity contribution is -0.390. The fraction of sp³-hybridized carbons (Fsp3) is 0.636. The van der Waals surface area contributed by atoms with Crippen molar-refractivity contribution in [3.8, 4) is 0 Å². The van der Waals surface area contributed by atoms with Gasteiger partial charge in [-0.05, 0) is 18.3 Å². The minimum Gasteiger partial charge on any atom is -0.467 e. The van der Waals surface area contributed by atoms with E-state index in [-0.39, 0.29) is 5.82 Å². The van der Waals surface area contributed by atoms with Gasteiger partial charge in [0.15, 0.2) is 6.04 Å². The summed E-state index contributed by atoms with van der Waals surface area (Å²) in [6.45, 7) is 3.60. The van der Waals surface area contributed by atoms with Crippen molar-refractivity contribution >= 4 is 11.8 Å². The molecule has 0 saturated carbocycles. The summed E-state index contributed by atoms with van der Waals surface area (Å²) < 4.78 is 6.03. The largest absolute Gasteiger partial charge is 0.467 e. The molecular formula is C11H17N3O4. The highest BCUT2D eigenvalue weighted by Crippen LogP contribution is 2.21. The van der Waals surface area contributed by atoms with E-state index in [4.69, 9.17) is 4.74 Å². The van der Waals surface area contributed by atoms with E-state index >= 15 is 0 Å². The molecular weight excluding hydrogens is 238 g/mol. The number of ether oxygens (including phenoxy) is 1. The first-order valence-electron chi connectivity index (χ1n) is 5.79. The second kappa shape index (κ2) is 6.13. The Morgan fingerprint density at radius 1 is 1.67 bits per heavy atom. The Kier molecular flexibility index (Phi) is 4.82. The Morgan fingerprint density at radius 2 is 2.33 bits per heavy atom. The van der Waals surface area contributed by atoms with Gasteiger partial charge >= 0.3 is 11.8 Å². The molecule has 1 heterocycles. The first kappa shape index (κ1) is 14.1. The maximum absolute atomic E-state index is 11.7. The predicted octanol–water partition coefficient (Wildman–Crippen LogP) is 2.00. The Hall–Kier alpha value is -1.92. The second-order valence-corrected chi connectivity index (χ2v) is 4.05. The van der Waals surface area contributed by atoms with Gasteiger partial charge in [0.25, 0.3) is 0 Å². The van der Waals surface area contributed by atoms with Crippen molar-refractivity contribution < 1.29 is 14.5 Å². The third-order valence-electron chi connectivity index (χ3n) is 2.69. The van der Waals surface area contributed by atoms with Gasteiger partial charge in [-0.2, -0.15) is 4.68 Å². The number of carbonyl (C=O) groups is 1. The average molecular weight is 255 g/mol. The van der Waals surface area contributed by atoms with Crippen LogP contribution in [0.15, 0.2) is 6.20 Å². The van der Waals surface area contributed by atoms with Crippen LogP contribution in [0.3, 0.4) is 0 Å². The zero-order chi connectivity index (χ0) is 13.7. The van der Waals surface area contributed by atoms with Gasteiger partial charge in [0.05, 0.1) is 24.0 Å². The van der Waals surface area contributed by atoms with Crippen molar-refractivity contribution in [3.05, 3.63) is 21.9 Å². The molecule has 18 heavy (non-hydrogen) atoms. The number of aromatic nitrogens is 2. The molecule has 0 fully saturated rings. The van der Waals surface area contributed by atoms with E-state index in [0.717, 1.165) is 12.8 Å². The van der Waals surface area contributed by atoms with E-state index in [0.29, 0.717) is 12.0 Å². The van der Waals surface area contributed by atoms with E-state index in [1.165, 1.54) is 18.0 Å². The maximum atomic E-state index is 11.7. The lowest BCUT2D eigenvalue weighted by Crippen LogP contribution is -2.21. The summed E-state index contributed by atoms with van der Waals surface area (Å²) in [5, 5.41) is 14.6. The molecule has 100 valence electrons. The Balaban J connectivity index is 3.01. The highest BCUT2D eigenvalue weighted by atomic mass is 16.6. The number of esters is 1. The van der Waals surface area contributed by atoms with Crippen LogP contribution in [0.4, 0.5) is 5.82 Å². The standard InChI is InChI=1S/C11H17N3O4/c1-4-5-6-9(11(15)18-3)13-7-8(2)10(12-13)14(16)17/h7,9H,4-6H2,1-3H3. The number of nitrogens with zero attached hydrogens (tertiary/aromatic N) is 3. The van der Waals surface area contributed by atoms with Gasteiger partial charge in [-0.25, -0.2) is 4.79 Å². The number of carbonyl (C=O) groups excluding carboxylic acids is 1. The number of methoxy groups -OCH3 is 1. The summed E-state index contributed by atoms with van der Waals surface area (Å²) in [6, 6.07) is -0.595. The molecule has 1 aromatic rings. The van der Waals surface area contributed by atoms with Crippen LogP contribution in [-0.2, 0) is 9.53 Å². The number of rotatable bonds is 6. The van der Waals surface area contributed by atoms with Crippen LogP contribution in [0.2, 0.25) is 0 Å². The summed E-state index contributed by atoms with van der Waals surface area (Å²) in [5.74, 6) is -0.652. The molecule has 0 aliphatic heterocycles. The summed E-state index contributed by atoms with van der Waals surface area (Å²) in [7, 11) is 1.30. The quantitative estimate of drug-likeness (QED) is 0.440. The molecule has 0 spiro atoms. The minimum atomic E-state index is -0.595. The number of aryl methyl sites for hydroxylation is 1. The van der Waals surface area contributed by atoms with Crippen molar-refractivity contribution in [3.63, 3.8) is 0 Å². The van der Waals surface area contributed by atoms with Crippen molar-refractivity contribution in [1.29, 1.82) is 0 Å². The van der Waals surface area contributed by atoms with Gasteiger partial charge in [-0.15, -0.1) is 0 Å². The molecule has 0 aliphatic rings. The van der Waals surface area contributed by atoms with Crippen LogP contribution in [0, 0.1) is 17.0 Å². The van der Waals surface area contributed by atoms with Gasteiger partial charge in [0, 0.05) is 0 Å². The first-order chi connectivity index (χ1) is 8.51. The Labute approximate surface area is 105 Å². The lowest BCUT2D eigenvalue weighted by Gasteiger charge is -2.11. The third kappa shape index (κ3) is 3.06. The maximum Gasteiger partial charge on any atom is 0.392 e. The van der Waals surface area contributed by atoms with Crippen LogP contribution in [0.1, 0.15) is 37.8 Å². The van der Waals surface area contributed by atoms with Crippen LogP contribution in [-0.4, -0.2) is 27.8 Å². The Bertz CT molecular complexity index is 441. The van der Waals surface area contributed by atoms with Crippen LogP contribution >= 0.6 is 0 Å². The summed E-state index contributed by atoms with van der Waals surface area (Å²) in [5.41, 5.74) is 0.436. The molecule has 0 saturated heterocycles. The molecule has 0 aliphatic carbocycles. The van der Waals surface area contributed by atoms with Gasteiger partial charge in [0.2, 0.25) is 0 Å². The number of hydrogen-bond donors (Lipinski definition) is 0. The monoisotopic (exact) mass is 255 g/mol. The smallest absolute Gasteiger partial charge is 0.392 e. The van der Waals surface area contributed by atoms with E-state index in [9.17, 15) is 14.9 Å². The Morgan fingerprint density at radius 3 is 2.78 bits per heavy atom. The van der Waals surface area contributed by atoms with E-state index < -0.39 is 16.9 Å². The van der Waals surface area contributed by atoms with E-state index in [1.807, 2.05) is 6.92 Å². The molecule has 0 radical (unpaired) electrons. The second-order valence-electron chi connectivity index (χ2n) is 4.05. The van der Waals surface area contributed by atoms with Crippen molar-refractivity contribution in [2.45, 2.75) is 39.2 Å². The summed E-state index contributed by atoms with van der Waals surface area (Å²) >= 11 is 0. The highest BCUT2D eigenvalue weighted by molar-refractivity contribution is 5.74. The minimum absolute atomic E-state index is 0.222. The third-order valence-corrected chi connectivity index (χ3v) is 2.69. The van der Waals surface area contributed by atoms with Gasteiger partial charge in [-0.3, -0.25) is 0 Å². The van der Waals surface area contributed by atoms with Gasteiger partial charge in [-0.1, -0.05) is 19.8 Å². The molecule has 1 rings (SSSR count). The molecule has 1 atom stereocenters. The zero-order valence-electron chi connectivity index (χ0n) is 10.8. The van der Waals surface area contributed by atoms with E-state index in [1.54, 1.807) is 6.92 Å². The zero-order valence-corrected chi connectivity index (χ0v) is 10.8. The molecule has 7 heteroatoms. The number of nitro groups is 1. The van der Waals surface area contributed by atoms with Crippen molar-refractivity contribution in [1.82, 2.24) is 9.78 Å². The van der Waals surface area contributed by atoms with Crippen molar-refractivity contribution in [2.75, 3.05) is 7.11 Å².